The number of rotatable bonds is 7. The summed E-state index contributed by atoms with van der Waals surface area (Å²) in [6.07, 6.45) is 2.63. The fourth-order valence-electron chi connectivity index (χ4n) is 2.55. The van der Waals surface area contributed by atoms with Crippen LogP contribution in [0.1, 0.15) is 31.0 Å². The average Bonchev–Trinajstić information content (AvgIpc) is 3.21. The molecule has 0 bridgehead atoms. The fourth-order valence-corrected chi connectivity index (χ4v) is 3.23. The van der Waals surface area contributed by atoms with Gasteiger partial charge in [-0.1, -0.05) is 13.8 Å². The molecule has 122 valence electrons. The first-order valence-electron chi connectivity index (χ1n) is 7.88. The van der Waals surface area contributed by atoms with Gasteiger partial charge in [0.05, 0.1) is 6.20 Å². The number of aliphatic hydroxyl groups is 1. The zero-order chi connectivity index (χ0) is 16.2. The zero-order valence-electron chi connectivity index (χ0n) is 13.4. The minimum absolute atomic E-state index is 0.160. The molecule has 3 aromatic rings. The molecule has 0 radical (unpaired) electrons. The number of aliphatic hydroxyl groups excluding tert-OH is 1. The quantitative estimate of drug-likeness (QED) is 0.698. The predicted octanol–water partition coefficient (Wildman–Crippen LogP) is 3.18. The van der Waals surface area contributed by atoms with Crippen LogP contribution in [0.5, 0.6) is 0 Å². The van der Waals surface area contributed by atoms with Crippen LogP contribution >= 0.6 is 11.3 Å². The van der Waals surface area contributed by atoms with E-state index in [9.17, 15) is 5.11 Å². The fraction of sp³-hybridized carbons (Fsp3) is 0.412. The van der Waals surface area contributed by atoms with Gasteiger partial charge in [0, 0.05) is 36.9 Å². The molecule has 0 fully saturated rings. The molecule has 23 heavy (non-hydrogen) atoms. The van der Waals surface area contributed by atoms with Gasteiger partial charge < -0.3 is 10.4 Å². The summed E-state index contributed by atoms with van der Waals surface area (Å²) in [6, 6.07) is 6.07. The Morgan fingerprint density at radius 2 is 2.22 bits per heavy atom. The zero-order valence-corrected chi connectivity index (χ0v) is 14.3. The first-order valence-corrected chi connectivity index (χ1v) is 8.82. The van der Waals surface area contributed by atoms with Gasteiger partial charge in [0.15, 0.2) is 5.65 Å². The van der Waals surface area contributed by atoms with E-state index in [1.807, 2.05) is 16.6 Å². The van der Waals surface area contributed by atoms with Crippen LogP contribution in [-0.4, -0.2) is 32.9 Å². The lowest BCUT2D eigenvalue weighted by Crippen LogP contribution is -2.21. The van der Waals surface area contributed by atoms with Crippen LogP contribution in [0.25, 0.3) is 5.65 Å². The van der Waals surface area contributed by atoms with E-state index in [1.165, 1.54) is 5.56 Å². The molecule has 0 aliphatic rings. The number of anilines is 1. The molecule has 3 aromatic heterocycles. The summed E-state index contributed by atoms with van der Waals surface area (Å²) in [5.74, 6) is 1.45. The largest absolute Gasteiger partial charge is 0.396 e. The van der Waals surface area contributed by atoms with Crippen molar-refractivity contribution in [3.63, 3.8) is 0 Å². The van der Waals surface area contributed by atoms with Crippen molar-refractivity contribution in [1.82, 2.24) is 14.6 Å². The number of aromatic nitrogens is 3. The lowest BCUT2D eigenvalue weighted by atomic mass is 10.0. The predicted molar refractivity (Wildman–Crippen MR) is 94.2 cm³/mol. The van der Waals surface area contributed by atoms with Crippen molar-refractivity contribution in [2.75, 3.05) is 18.5 Å². The summed E-state index contributed by atoms with van der Waals surface area (Å²) in [7, 11) is 0. The maximum atomic E-state index is 9.65. The summed E-state index contributed by atoms with van der Waals surface area (Å²) < 4.78 is 1.81. The average molecular weight is 330 g/mol. The van der Waals surface area contributed by atoms with E-state index in [0.717, 1.165) is 23.6 Å². The van der Waals surface area contributed by atoms with Crippen LogP contribution in [0.15, 0.2) is 35.2 Å². The maximum Gasteiger partial charge on any atom is 0.157 e. The van der Waals surface area contributed by atoms with Crippen molar-refractivity contribution < 1.29 is 5.11 Å². The first kappa shape index (κ1) is 16.0. The van der Waals surface area contributed by atoms with E-state index in [4.69, 9.17) is 0 Å². The second kappa shape index (κ2) is 7.10. The van der Waals surface area contributed by atoms with Gasteiger partial charge in [-0.3, -0.25) is 0 Å². The van der Waals surface area contributed by atoms with Crippen LogP contribution in [-0.2, 0) is 6.42 Å². The maximum absolute atomic E-state index is 9.65. The summed E-state index contributed by atoms with van der Waals surface area (Å²) >= 11 is 1.69. The Morgan fingerprint density at radius 3 is 2.91 bits per heavy atom. The molecule has 1 atom stereocenters. The van der Waals surface area contributed by atoms with Crippen LogP contribution in [0.4, 0.5) is 5.82 Å². The van der Waals surface area contributed by atoms with E-state index >= 15 is 0 Å². The van der Waals surface area contributed by atoms with E-state index in [0.29, 0.717) is 12.5 Å². The summed E-state index contributed by atoms with van der Waals surface area (Å²) in [5, 5.41) is 21.6. The highest BCUT2D eigenvalue weighted by Crippen LogP contribution is 2.19. The Kier molecular flexibility index (Phi) is 4.93. The Balaban J connectivity index is 1.76. The summed E-state index contributed by atoms with van der Waals surface area (Å²) in [5.41, 5.74) is 3.16. The second-order valence-electron chi connectivity index (χ2n) is 6.09. The van der Waals surface area contributed by atoms with Crippen molar-refractivity contribution in [2.45, 2.75) is 26.2 Å². The molecule has 0 spiro atoms. The van der Waals surface area contributed by atoms with Gasteiger partial charge in [0.2, 0.25) is 0 Å². The monoisotopic (exact) mass is 330 g/mol. The summed E-state index contributed by atoms with van der Waals surface area (Å²) in [4.78, 5) is 4.62. The molecule has 3 heterocycles. The van der Waals surface area contributed by atoms with Gasteiger partial charge in [-0.2, -0.15) is 21.0 Å². The highest BCUT2D eigenvalue weighted by Gasteiger charge is 2.12. The van der Waals surface area contributed by atoms with Crippen molar-refractivity contribution in [3.05, 3.63) is 46.4 Å². The molecule has 2 N–H and O–H groups in total. The Labute approximate surface area is 140 Å². The lowest BCUT2D eigenvalue weighted by molar-refractivity contribution is 0.232. The number of hydrogen-bond donors (Lipinski definition) is 2. The van der Waals surface area contributed by atoms with Crippen molar-refractivity contribution in [2.24, 2.45) is 5.92 Å². The Hall–Kier alpha value is -1.92. The molecule has 0 saturated carbocycles. The highest BCUT2D eigenvalue weighted by molar-refractivity contribution is 7.07. The number of fused-ring (bicyclic) bond motifs is 1. The number of thiophene rings is 1. The minimum Gasteiger partial charge on any atom is -0.396 e. The topological polar surface area (TPSA) is 62.5 Å². The van der Waals surface area contributed by atoms with Gasteiger partial charge in [0.25, 0.3) is 0 Å². The highest BCUT2D eigenvalue weighted by atomic mass is 32.1. The third-order valence-electron chi connectivity index (χ3n) is 3.91. The first-order chi connectivity index (χ1) is 11.2. The molecule has 3 rings (SSSR count). The molecule has 6 heteroatoms. The van der Waals surface area contributed by atoms with Gasteiger partial charge in [-0.25, -0.2) is 4.98 Å². The van der Waals surface area contributed by atoms with Crippen molar-refractivity contribution >= 4 is 22.8 Å². The number of nitrogens with zero attached hydrogens (tertiary/aromatic N) is 3. The molecule has 5 nitrogen and oxygen atoms in total. The Morgan fingerprint density at radius 1 is 1.35 bits per heavy atom. The smallest absolute Gasteiger partial charge is 0.157 e. The SMILES string of the molecule is CC(C)c1cc(NCC(CO)Cc2ccsc2)n2nccc2n1. The molecule has 1 unspecified atom stereocenters. The van der Waals surface area contributed by atoms with Crippen molar-refractivity contribution in [1.29, 1.82) is 0 Å². The van der Waals surface area contributed by atoms with Crippen LogP contribution in [0, 0.1) is 5.92 Å². The molecule has 0 saturated heterocycles. The van der Waals surface area contributed by atoms with E-state index in [-0.39, 0.29) is 12.5 Å². The van der Waals surface area contributed by atoms with E-state index < -0.39 is 0 Å². The van der Waals surface area contributed by atoms with Gasteiger partial charge >= 0.3 is 0 Å². The third kappa shape index (κ3) is 3.71. The molecule has 0 aliphatic heterocycles. The standard InChI is InChI=1S/C17H22N4OS/c1-12(2)15-8-17(21-16(20-15)3-5-19-21)18-9-14(10-22)7-13-4-6-23-11-13/h3-6,8,11-12,14,18,22H,7,9-10H2,1-2H3. The van der Waals surface area contributed by atoms with Crippen LogP contribution < -0.4 is 5.32 Å². The second-order valence-corrected chi connectivity index (χ2v) is 6.87. The molecular formula is C17H22N4OS. The lowest BCUT2D eigenvalue weighted by Gasteiger charge is -2.17. The molecule has 0 aliphatic carbocycles. The molecule has 0 aromatic carbocycles. The molecular weight excluding hydrogens is 308 g/mol. The minimum atomic E-state index is 0.160. The summed E-state index contributed by atoms with van der Waals surface area (Å²) in [6.45, 7) is 5.12. The van der Waals surface area contributed by atoms with Gasteiger partial charge in [0.1, 0.15) is 5.82 Å². The van der Waals surface area contributed by atoms with E-state index in [1.54, 1.807) is 17.5 Å². The molecule has 0 amide bonds. The number of hydrogen-bond acceptors (Lipinski definition) is 5. The number of nitrogens with one attached hydrogen (secondary N) is 1. The van der Waals surface area contributed by atoms with Gasteiger partial charge in [-0.15, -0.1) is 0 Å². The van der Waals surface area contributed by atoms with E-state index in [2.05, 4.69) is 46.1 Å². The third-order valence-corrected chi connectivity index (χ3v) is 4.64. The normalized spacial score (nSPS) is 12.9. The van der Waals surface area contributed by atoms with Crippen LogP contribution in [0.3, 0.4) is 0 Å². The Bertz CT molecular complexity index is 751. The van der Waals surface area contributed by atoms with Gasteiger partial charge in [-0.05, 0) is 34.7 Å². The van der Waals surface area contributed by atoms with Crippen molar-refractivity contribution in [3.8, 4) is 0 Å². The van der Waals surface area contributed by atoms with Crippen LogP contribution in [0.2, 0.25) is 0 Å².